The van der Waals surface area contributed by atoms with Gasteiger partial charge in [-0.05, 0) is 48.7 Å². The molecular formula is C22H22ClN3O2. The topological polar surface area (TPSA) is 53.5 Å². The fraction of sp³-hybridized carbons (Fsp3) is 0.227. The molecule has 3 rings (SSSR count). The van der Waals surface area contributed by atoms with Crippen LogP contribution in [0.1, 0.15) is 18.1 Å². The minimum absolute atomic E-state index is 0.181. The first-order valence-electron chi connectivity index (χ1n) is 9.18. The van der Waals surface area contributed by atoms with Gasteiger partial charge in [-0.15, -0.1) is 6.58 Å². The monoisotopic (exact) mass is 395 g/mol. The van der Waals surface area contributed by atoms with E-state index >= 15 is 0 Å². The molecule has 1 aliphatic heterocycles. The van der Waals surface area contributed by atoms with Crippen LogP contribution in [0.5, 0.6) is 0 Å². The minimum atomic E-state index is -0.301. The molecule has 0 aliphatic carbocycles. The van der Waals surface area contributed by atoms with Gasteiger partial charge >= 0.3 is 0 Å². The van der Waals surface area contributed by atoms with Crippen LogP contribution in [-0.4, -0.2) is 46.2 Å². The van der Waals surface area contributed by atoms with Crippen molar-refractivity contribution >= 4 is 29.0 Å². The number of imide groups is 1. The van der Waals surface area contributed by atoms with E-state index in [4.69, 9.17) is 11.6 Å². The van der Waals surface area contributed by atoms with E-state index in [9.17, 15) is 9.59 Å². The first-order chi connectivity index (χ1) is 13.6. The summed E-state index contributed by atoms with van der Waals surface area (Å²) in [5.74, 6) is -0.587. The molecule has 0 unspecified atom stereocenters. The number of carbonyl (C=O) groups is 2. The predicted molar refractivity (Wildman–Crippen MR) is 110 cm³/mol. The van der Waals surface area contributed by atoms with Gasteiger partial charge in [0, 0.05) is 37.1 Å². The van der Waals surface area contributed by atoms with E-state index in [1.54, 1.807) is 42.7 Å². The molecule has 0 bridgehead atoms. The largest absolute Gasteiger partial charge is 0.366 e. The summed E-state index contributed by atoms with van der Waals surface area (Å²) in [5, 5.41) is 0.579. The lowest BCUT2D eigenvalue weighted by molar-refractivity contribution is -0.136. The van der Waals surface area contributed by atoms with Crippen LogP contribution in [0.3, 0.4) is 0 Å². The van der Waals surface area contributed by atoms with Gasteiger partial charge in [-0.1, -0.05) is 29.8 Å². The summed E-state index contributed by atoms with van der Waals surface area (Å²) in [6.07, 6.45) is 5.81. The number of aromatic nitrogens is 1. The average Bonchev–Trinajstić information content (AvgIpc) is 2.95. The van der Waals surface area contributed by atoms with Crippen molar-refractivity contribution in [2.45, 2.75) is 13.3 Å². The molecule has 2 amide bonds. The number of hydrogen-bond acceptors (Lipinski definition) is 4. The number of rotatable bonds is 8. The second kappa shape index (κ2) is 8.85. The molecule has 0 saturated carbocycles. The summed E-state index contributed by atoms with van der Waals surface area (Å²) < 4.78 is 0. The van der Waals surface area contributed by atoms with Gasteiger partial charge < -0.3 is 4.90 Å². The number of carbonyl (C=O) groups excluding carboxylic acids is 2. The second-order valence-corrected chi connectivity index (χ2v) is 6.86. The molecule has 0 radical (unpaired) electrons. The zero-order chi connectivity index (χ0) is 20.1. The van der Waals surface area contributed by atoms with Crippen molar-refractivity contribution in [3.8, 4) is 0 Å². The molecule has 5 nitrogen and oxygen atoms in total. The van der Waals surface area contributed by atoms with Crippen molar-refractivity contribution in [3.63, 3.8) is 0 Å². The van der Waals surface area contributed by atoms with E-state index < -0.39 is 0 Å². The van der Waals surface area contributed by atoms with Gasteiger partial charge in [-0.25, -0.2) is 0 Å². The maximum Gasteiger partial charge on any atom is 0.278 e. The fourth-order valence-electron chi connectivity index (χ4n) is 3.27. The summed E-state index contributed by atoms with van der Waals surface area (Å²) in [6.45, 7) is 7.06. The Balaban J connectivity index is 1.99. The first-order valence-corrected chi connectivity index (χ1v) is 9.55. The van der Waals surface area contributed by atoms with Crippen LogP contribution in [0.25, 0.3) is 5.57 Å². The Bertz CT molecular complexity index is 907. The summed E-state index contributed by atoms with van der Waals surface area (Å²) >= 11 is 6.00. The zero-order valence-electron chi connectivity index (χ0n) is 15.8. The normalized spacial score (nSPS) is 14.0. The van der Waals surface area contributed by atoms with Gasteiger partial charge in [-0.2, -0.15) is 0 Å². The SMILES string of the molecule is C=CCN1C(=O)C(c2ccc(Cl)cc2)=C(N(CC)CCc2ccncc2)C1=O. The van der Waals surface area contributed by atoms with E-state index in [2.05, 4.69) is 11.6 Å². The van der Waals surface area contributed by atoms with E-state index in [-0.39, 0.29) is 18.4 Å². The Labute approximate surface area is 169 Å². The standard InChI is InChI=1S/C22H22ClN3O2/c1-3-14-26-21(27)19(17-5-7-18(23)8-6-17)20(22(26)28)25(4-2)15-11-16-9-12-24-13-10-16/h3,5-10,12-13H,1,4,11,14-15H2,2H3. The van der Waals surface area contributed by atoms with Crippen LogP contribution in [0.4, 0.5) is 0 Å². The number of hydrogen-bond donors (Lipinski definition) is 0. The highest BCUT2D eigenvalue weighted by molar-refractivity contribution is 6.36. The third-order valence-corrected chi connectivity index (χ3v) is 4.96. The van der Waals surface area contributed by atoms with E-state index in [1.165, 1.54) is 4.90 Å². The summed E-state index contributed by atoms with van der Waals surface area (Å²) in [7, 11) is 0. The quantitative estimate of drug-likeness (QED) is 0.506. The Morgan fingerprint density at radius 3 is 2.39 bits per heavy atom. The molecule has 2 aromatic rings. The number of nitrogens with zero attached hydrogens (tertiary/aromatic N) is 3. The number of pyridine rings is 1. The molecule has 0 saturated heterocycles. The van der Waals surface area contributed by atoms with Crippen LogP contribution in [0, 0.1) is 0 Å². The van der Waals surface area contributed by atoms with E-state index in [0.29, 0.717) is 34.9 Å². The van der Waals surface area contributed by atoms with Crippen molar-refractivity contribution in [1.82, 2.24) is 14.8 Å². The van der Waals surface area contributed by atoms with Crippen LogP contribution in [-0.2, 0) is 16.0 Å². The molecule has 0 spiro atoms. The molecule has 0 N–H and O–H groups in total. The summed E-state index contributed by atoms with van der Waals surface area (Å²) in [5.41, 5.74) is 2.67. The Morgan fingerprint density at radius 2 is 1.79 bits per heavy atom. The van der Waals surface area contributed by atoms with Crippen molar-refractivity contribution in [3.05, 3.63) is 83.3 Å². The van der Waals surface area contributed by atoms with Crippen LogP contribution >= 0.6 is 11.6 Å². The number of benzene rings is 1. The molecule has 1 aromatic heterocycles. The molecule has 1 aromatic carbocycles. The summed E-state index contributed by atoms with van der Waals surface area (Å²) in [4.78, 5) is 33.4. The fourth-order valence-corrected chi connectivity index (χ4v) is 3.40. The van der Waals surface area contributed by atoms with Crippen molar-refractivity contribution in [2.24, 2.45) is 0 Å². The van der Waals surface area contributed by atoms with Gasteiger partial charge in [0.05, 0.1) is 5.57 Å². The first kappa shape index (κ1) is 19.8. The third kappa shape index (κ3) is 3.99. The molecular weight excluding hydrogens is 374 g/mol. The summed E-state index contributed by atoms with van der Waals surface area (Å²) in [6, 6.07) is 10.9. The van der Waals surface area contributed by atoms with Gasteiger partial charge in [0.25, 0.3) is 11.8 Å². The number of halogens is 1. The lowest BCUT2D eigenvalue weighted by Crippen LogP contribution is -2.36. The minimum Gasteiger partial charge on any atom is -0.366 e. The molecule has 144 valence electrons. The lowest BCUT2D eigenvalue weighted by Gasteiger charge is -2.24. The molecule has 0 fully saturated rings. The van der Waals surface area contributed by atoms with Gasteiger partial charge in [0.1, 0.15) is 5.70 Å². The smallest absolute Gasteiger partial charge is 0.278 e. The second-order valence-electron chi connectivity index (χ2n) is 6.43. The average molecular weight is 396 g/mol. The molecule has 2 heterocycles. The molecule has 1 aliphatic rings. The Morgan fingerprint density at radius 1 is 1.11 bits per heavy atom. The van der Waals surface area contributed by atoms with Crippen molar-refractivity contribution in [2.75, 3.05) is 19.6 Å². The van der Waals surface area contributed by atoms with Crippen LogP contribution in [0.15, 0.2) is 67.1 Å². The number of amides is 2. The van der Waals surface area contributed by atoms with Crippen LogP contribution < -0.4 is 0 Å². The zero-order valence-corrected chi connectivity index (χ0v) is 16.5. The highest BCUT2D eigenvalue weighted by atomic mass is 35.5. The van der Waals surface area contributed by atoms with Crippen LogP contribution in [0.2, 0.25) is 5.02 Å². The Kier molecular flexibility index (Phi) is 6.26. The Hall–Kier alpha value is -2.92. The van der Waals surface area contributed by atoms with Gasteiger partial charge in [0.15, 0.2) is 0 Å². The molecule has 28 heavy (non-hydrogen) atoms. The predicted octanol–water partition coefficient (Wildman–Crippen LogP) is 3.57. The van der Waals surface area contributed by atoms with Gasteiger partial charge in [-0.3, -0.25) is 19.5 Å². The highest BCUT2D eigenvalue weighted by Gasteiger charge is 2.40. The maximum absolute atomic E-state index is 13.1. The highest BCUT2D eigenvalue weighted by Crippen LogP contribution is 2.32. The maximum atomic E-state index is 13.1. The van der Waals surface area contributed by atoms with Crippen molar-refractivity contribution in [1.29, 1.82) is 0 Å². The molecule has 0 atom stereocenters. The number of likely N-dealkylation sites (N-methyl/N-ethyl adjacent to an activating group) is 1. The van der Waals surface area contributed by atoms with Crippen molar-refractivity contribution < 1.29 is 9.59 Å². The third-order valence-electron chi connectivity index (χ3n) is 4.71. The molecule has 6 heteroatoms. The lowest BCUT2D eigenvalue weighted by atomic mass is 10.0. The van der Waals surface area contributed by atoms with E-state index in [0.717, 1.165) is 12.0 Å². The van der Waals surface area contributed by atoms with Gasteiger partial charge in [0.2, 0.25) is 0 Å². The van der Waals surface area contributed by atoms with E-state index in [1.807, 2.05) is 24.0 Å².